The molecule has 1 N–H and O–H groups in total. The molecule has 0 saturated carbocycles. The molecule has 90 valence electrons. The van der Waals surface area contributed by atoms with Gasteiger partial charge in [-0.3, -0.25) is 4.99 Å². The molecule has 1 aliphatic heterocycles. The first kappa shape index (κ1) is 13.7. The number of likely N-dealkylation sites (N-methyl/N-ethyl adjacent to an activating group) is 1. The Kier molecular flexibility index (Phi) is 5.47. The zero-order valence-corrected chi connectivity index (χ0v) is 12.7. The highest BCUT2D eigenvalue weighted by Gasteiger charge is 2.11. The summed E-state index contributed by atoms with van der Waals surface area (Å²) in [5.41, 5.74) is 0. The van der Waals surface area contributed by atoms with Gasteiger partial charge in [0.2, 0.25) is 0 Å². The molecule has 0 unspecified atom stereocenters. The minimum atomic E-state index is 0. The quantitative estimate of drug-likeness (QED) is 0.843. The lowest BCUT2D eigenvalue weighted by Crippen LogP contribution is -2.35. The minimum Gasteiger partial charge on any atom is -0.350 e. The Morgan fingerprint density at radius 1 is 1.56 bits per heavy atom. The highest BCUT2D eigenvalue weighted by molar-refractivity contribution is 14.0. The number of hydrogen-bond acceptors (Lipinski definition) is 5. The van der Waals surface area contributed by atoms with Crippen molar-refractivity contribution in [3.63, 3.8) is 0 Å². The number of rotatable bonds is 3. The molecule has 0 bridgehead atoms. The van der Waals surface area contributed by atoms with E-state index in [0.717, 1.165) is 37.0 Å². The number of guanidine groups is 1. The first-order chi connectivity index (χ1) is 7.29. The summed E-state index contributed by atoms with van der Waals surface area (Å²) in [5.74, 6) is 0.989. The van der Waals surface area contributed by atoms with Crippen LogP contribution in [0.5, 0.6) is 0 Å². The molecule has 0 radical (unpaired) electrons. The molecular formula is C10H17IN4S. The highest BCUT2D eigenvalue weighted by atomic mass is 127. The minimum absolute atomic E-state index is 0. The zero-order valence-electron chi connectivity index (χ0n) is 9.56. The van der Waals surface area contributed by atoms with E-state index in [1.807, 2.05) is 6.20 Å². The van der Waals surface area contributed by atoms with Crippen molar-refractivity contribution in [1.29, 1.82) is 0 Å². The lowest BCUT2D eigenvalue weighted by Gasteiger charge is -2.14. The van der Waals surface area contributed by atoms with Crippen molar-refractivity contribution < 1.29 is 0 Å². The van der Waals surface area contributed by atoms with Crippen molar-refractivity contribution in [2.75, 3.05) is 20.1 Å². The second kappa shape index (κ2) is 6.39. The van der Waals surface area contributed by atoms with E-state index in [9.17, 15) is 0 Å². The number of aromatic nitrogens is 1. The van der Waals surface area contributed by atoms with E-state index >= 15 is 0 Å². The van der Waals surface area contributed by atoms with Gasteiger partial charge in [0, 0.05) is 24.7 Å². The maximum absolute atomic E-state index is 4.37. The first-order valence-electron chi connectivity index (χ1n) is 5.22. The van der Waals surface area contributed by atoms with Gasteiger partial charge in [0.05, 0.1) is 13.1 Å². The van der Waals surface area contributed by atoms with Crippen LogP contribution in [0.25, 0.3) is 0 Å². The van der Waals surface area contributed by atoms with Crippen LogP contribution in [0.4, 0.5) is 0 Å². The van der Waals surface area contributed by atoms with Gasteiger partial charge in [0.25, 0.3) is 0 Å². The third-order valence-electron chi connectivity index (χ3n) is 2.41. The smallest absolute Gasteiger partial charge is 0.194 e. The van der Waals surface area contributed by atoms with Gasteiger partial charge in [0.1, 0.15) is 5.01 Å². The maximum atomic E-state index is 4.37. The summed E-state index contributed by atoms with van der Waals surface area (Å²) in [7, 11) is 2.05. The Bertz CT molecular complexity index is 363. The van der Waals surface area contributed by atoms with Crippen molar-refractivity contribution in [2.45, 2.75) is 19.9 Å². The van der Waals surface area contributed by atoms with Crippen LogP contribution in [-0.2, 0) is 13.0 Å². The summed E-state index contributed by atoms with van der Waals surface area (Å²) in [4.78, 5) is 12.2. The molecule has 0 spiro atoms. The second-order valence-electron chi connectivity index (χ2n) is 3.55. The van der Waals surface area contributed by atoms with Crippen LogP contribution in [0, 0.1) is 0 Å². The molecule has 0 aliphatic carbocycles. The molecule has 0 saturated heterocycles. The van der Waals surface area contributed by atoms with Crippen LogP contribution in [-0.4, -0.2) is 36.0 Å². The van der Waals surface area contributed by atoms with Crippen LogP contribution < -0.4 is 5.32 Å². The van der Waals surface area contributed by atoms with Crippen molar-refractivity contribution in [2.24, 2.45) is 4.99 Å². The Morgan fingerprint density at radius 2 is 2.38 bits per heavy atom. The summed E-state index contributed by atoms with van der Waals surface area (Å²) >= 11 is 1.77. The van der Waals surface area contributed by atoms with Gasteiger partial charge in [-0.15, -0.1) is 35.3 Å². The highest BCUT2D eigenvalue weighted by Crippen LogP contribution is 2.13. The van der Waals surface area contributed by atoms with Crippen molar-refractivity contribution in [3.05, 3.63) is 16.1 Å². The average Bonchev–Trinajstić information content (AvgIpc) is 2.84. The van der Waals surface area contributed by atoms with E-state index in [0.29, 0.717) is 0 Å². The Balaban J connectivity index is 0.00000128. The van der Waals surface area contributed by atoms with Crippen molar-refractivity contribution in [3.8, 4) is 0 Å². The molecule has 0 atom stereocenters. The molecule has 2 heterocycles. The maximum Gasteiger partial charge on any atom is 0.194 e. The fourth-order valence-electron chi connectivity index (χ4n) is 1.47. The molecule has 2 rings (SSSR count). The molecule has 0 aromatic carbocycles. The number of aliphatic imine (C=N–C) groups is 1. The normalized spacial score (nSPS) is 14.6. The Labute approximate surface area is 117 Å². The largest absolute Gasteiger partial charge is 0.350 e. The van der Waals surface area contributed by atoms with Gasteiger partial charge in [0.15, 0.2) is 5.96 Å². The fourth-order valence-corrected chi connectivity index (χ4v) is 2.27. The average molecular weight is 352 g/mol. The third-order valence-corrected chi connectivity index (χ3v) is 3.55. The Hall–Kier alpha value is -0.370. The predicted molar refractivity (Wildman–Crippen MR) is 78.7 cm³/mol. The molecule has 4 nitrogen and oxygen atoms in total. The molecule has 6 heteroatoms. The van der Waals surface area contributed by atoms with Gasteiger partial charge in [-0.2, -0.15) is 0 Å². The number of hydrogen-bond donors (Lipinski definition) is 1. The van der Waals surface area contributed by atoms with Crippen LogP contribution in [0.3, 0.4) is 0 Å². The van der Waals surface area contributed by atoms with Crippen LogP contribution in [0.1, 0.15) is 16.8 Å². The zero-order chi connectivity index (χ0) is 10.7. The molecule has 1 aromatic rings. The van der Waals surface area contributed by atoms with Gasteiger partial charge in [-0.25, -0.2) is 4.98 Å². The fraction of sp³-hybridized carbons (Fsp3) is 0.600. The van der Waals surface area contributed by atoms with Crippen LogP contribution >= 0.6 is 35.3 Å². The van der Waals surface area contributed by atoms with E-state index in [-0.39, 0.29) is 24.0 Å². The number of halogens is 1. The summed E-state index contributed by atoms with van der Waals surface area (Å²) in [6.07, 6.45) is 3.03. The van der Waals surface area contributed by atoms with E-state index in [4.69, 9.17) is 0 Å². The molecule has 1 aromatic heterocycles. The van der Waals surface area contributed by atoms with Crippen molar-refractivity contribution in [1.82, 2.24) is 15.2 Å². The van der Waals surface area contributed by atoms with E-state index in [1.54, 1.807) is 11.3 Å². The van der Waals surface area contributed by atoms with E-state index < -0.39 is 0 Å². The lowest BCUT2D eigenvalue weighted by atomic mass is 10.4. The van der Waals surface area contributed by atoms with E-state index in [2.05, 4.69) is 34.2 Å². The molecular weight excluding hydrogens is 335 g/mol. The van der Waals surface area contributed by atoms with Crippen LogP contribution in [0.2, 0.25) is 0 Å². The van der Waals surface area contributed by atoms with Gasteiger partial charge in [-0.1, -0.05) is 6.92 Å². The number of nitrogens with one attached hydrogen (secondary N) is 1. The van der Waals surface area contributed by atoms with Gasteiger partial charge in [-0.05, 0) is 6.42 Å². The molecule has 1 aliphatic rings. The summed E-state index contributed by atoms with van der Waals surface area (Å²) < 4.78 is 0. The second-order valence-corrected chi connectivity index (χ2v) is 4.75. The van der Waals surface area contributed by atoms with Gasteiger partial charge < -0.3 is 10.2 Å². The monoisotopic (exact) mass is 352 g/mol. The van der Waals surface area contributed by atoms with Crippen molar-refractivity contribution >= 4 is 41.3 Å². The standard InChI is InChI=1S/C10H16N4S.HI/c1-3-8-6-12-9(15-8)7-13-10-11-4-5-14(10)2;/h6H,3-5,7H2,1-2H3,(H,11,13);1H. The number of thiazole rings is 1. The number of aryl methyl sites for hydroxylation is 1. The molecule has 16 heavy (non-hydrogen) atoms. The predicted octanol–water partition coefficient (Wildman–Crippen LogP) is 1.71. The molecule has 0 fully saturated rings. The number of nitrogens with zero attached hydrogens (tertiary/aromatic N) is 3. The van der Waals surface area contributed by atoms with Gasteiger partial charge >= 0.3 is 0 Å². The topological polar surface area (TPSA) is 40.5 Å². The summed E-state index contributed by atoms with van der Waals surface area (Å²) in [6, 6.07) is 0. The van der Waals surface area contributed by atoms with E-state index in [1.165, 1.54) is 4.88 Å². The SMILES string of the molecule is CCc1cnc(CNC2=NCCN2C)s1.I. The summed E-state index contributed by atoms with van der Waals surface area (Å²) in [5, 5.41) is 4.44. The molecule has 0 amide bonds. The first-order valence-corrected chi connectivity index (χ1v) is 6.04. The van der Waals surface area contributed by atoms with Crippen LogP contribution in [0.15, 0.2) is 11.2 Å². The third kappa shape index (κ3) is 3.31. The Morgan fingerprint density at radius 3 is 2.94 bits per heavy atom. The lowest BCUT2D eigenvalue weighted by molar-refractivity contribution is 0.534. The summed E-state index contributed by atoms with van der Waals surface area (Å²) in [6.45, 7) is 4.85.